The molecule has 4 nitrogen and oxygen atoms in total. The Bertz CT molecular complexity index is 695. The fourth-order valence-corrected chi connectivity index (χ4v) is 4.15. The summed E-state index contributed by atoms with van der Waals surface area (Å²) in [4.78, 5) is 6.61. The topological polar surface area (TPSA) is 34.6 Å². The number of hydrogen-bond donors (Lipinski definition) is 0. The molecule has 1 aromatic carbocycles. The number of nitrogens with zero attached hydrogens (tertiary/aromatic N) is 2. The zero-order chi connectivity index (χ0) is 17.8. The lowest BCUT2D eigenvalue weighted by Crippen LogP contribution is -2.50. The maximum absolute atomic E-state index is 13.1. The molecule has 0 N–H and O–H groups in total. The van der Waals surface area contributed by atoms with Crippen molar-refractivity contribution in [2.24, 2.45) is 5.92 Å². The lowest BCUT2D eigenvalue weighted by Gasteiger charge is -2.39. The van der Waals surface area contributed by atoms with Gasteiger partial charge in [-0.25, -0.2) is 4.39 Å². The summed E-state index contributed by atoms with van der Waals surface area (Å²) in [6.45, 7) is 3.86. The molecular weight excluding hydrogens is 331 g/mol. The Morgan fingerprint density at radius 3 is 2.85 bits per heavy atom. The molecule has 1 aliphatic heterocycles. The zero-order valence-electron chi connectivity index (χ0n) is 14.9. The molecule has 2 heterocycles. The molecule has 1 saturated heterocycles. The monoisotopic (exact) mass is 356 g/mol. The zero-order valence-corrected chi connectivity index (χ0v) is 14.9. The third-order valence-electron chi connectivity index (χ3n) is 5.46. The van der Waals surface area contributed by atoms with Crippen molar-refractivity contribution in [2.45, 2.75) is 38.1 Å². The van der Waals surface area contributed by atoms with Crippen molar-refractivity contribution in [3.8, 4) is 0 Å². The predicted octanol–water partition coefficient (Wildman–Crippen LogP) is 3.42. The molecule has 0 spiro atoms. The summed E-state index contributed by atoms with van der Waals surface area (Å²) >= 11 is 0. The molecule has 2 fully saturated rings. The van der Waals surface area contributed by atoms with E-state index >= 15 is 0 Å². The molecule has 138 valence electrons. The van der Waals surface area contributed by atoms with E-state index < -0.39 is 0 Å². The molecule has 0 bridgehead atoms. The van der Waals surface area contributed by atoms with Gasteiger partial charge >= 0.3 is 0 Å². The Labute approximate surface area is 153 Å². The molecule has 3 atom stereocenters. The van der Waals surface area contributed by atoms with E-state index in [-0.39, 0.29) is 11.9 Å². The van der Waals surface area contributed by atoms with Gasteiger partial charge in [-0.15, -0.1) is 0 Å². The number of morpholine rings is 1. The molecule has 26 heavy (non-hydrogen) atoms. The van der Waals surface area contributed by atoms with E-state index in [1.807, 2.05) is 30.5 Å². The highest BCUT2D eigenvalue weighted by Crippen LogP contribution is 2.35. The van der Waals surface area contributed by atoms with Crippen LogP contribution in [0.4, 0.5) is 4.39 Å². The van der Waals surface area contributed by atoms with Gasteiger partial charge in [0.2, 0.25) is 0 Å². The van der Waals surface area contributed by atoms with Crippen LogP contribution in [0.1, 0.15) is 24.0 Å². The fraction of sp³-hybridized carbons (Fsp3) is 0.476. The second-order valence-electron chi connectivity index (χ2n) is 7.21. The number of halogens is 1. The Morgan fingerprint density at radius 1 is 1.15 bits per heavy atom. The Balaban J connectivity index is 1.31. The highest BCUT2D eigenvalue weighted by Gasteiger charge is 2.42. The molecule has 1 aliphatic carbocycles. The van der Waals surface area contributed by atoms with Crippen LogP contribution >= 0.6 is 0 Å². The molecule has 3 unspecified atom stereocenters. The Morgan fingerprint density at radius 2 is 2.04 bits per heavy atom. The minimum atomic E-state index is -0.180. The van der Waals surface area contributed by atoms with Gasteiger partial charge in [-0.1, -0.05) is 18.2 Å². The second-order valence-corrected chi connectivity index (χ2v) is 7.21. The average Bonchev–Trinajstić information content (AvgIpc) is 3.09. The number of benzene rings is 1. The van der Waals surface area contributed by atoms with Crippen LogP contribution in [0.5, 0.6) is 0 Å². The van der Waals surface area contributed by atoms with Gasteiger partial charge in [0.15, 0.2) is 0 Å². The predicted molar refractivity (Wildman–Crippen MR) is 97.0 cm³/mol. The smallest absolute Gasteiger partial charge is 0.123 e. The first-order valence-corrected chi connectivity index (χ1v) is 9.36. The molecule has 1 aromatic heterocycles. The lowest BCUT2D eigenvalue weighted by molar-refractivity contribution is -0.0891. The normalized spacial score (nSPS) is 26.0. The minimum absolute atomic E-state index is 0.180. The van der Waals surface area contributed by atoms with Gasteiger partial charge in [-0.05, 0) is 42.2 Å². The van der Waals surface area contributed by atoms with Gasteiger partial charge < -0.3 is 9.47 Å². The van der Waals surface area contributed by atoms with Gasteiger partial charge in [0.05, 0.1) is 25.9 Å². The molecule has 5 heteroatoms. The summed E-state index contributed by atoms with van der Waals surface area (Å²) in [5, 5.41) is 0. The summed E-state index contributed by atoms with van der Waals surface area (Å²) in [5.74, 6) is 0.257. The van der Waals surface area contributed by atoms with Crippen molar-refractivity contribution in [2.75, 3.05) is 19.8 Å². The van der Waals surface area contributed by atoms with Crippen LogP contribution in [0.15, 0.2) is 48.8 Å². The van der Waals surface area contributed by atoms with E-state index in [1.54, 1.807) is 6.20 Å². The van der Waals surface area contributed by atoms with E-state index in [1.165, 1.54) is 12.1 Å². The third-order valence-corrected chi connectivity index (χ3v) is 5.46. The number of aromatic nitrogens is 1. The summed E-state index contributed by atoms with van der Waals surface area (Å²) < 4.78 is 25.2. The van der Waals surface area contributed by atoms with E-state index in [0.717, 1.165) is 50.3 Å². The van der Waals surface area contributed by atoms with E-state index in [2.05, 4.69) is 9.88 Å². The number of ether oxygens (including phenoxy) is 2. The van der Waals surface area contributed by atoms with Crippen LogP contribution < -0.4 is 0 Å². The first-order chi connectivity index (χ1) is 12.8. The van der Waals surface area contributed by atoms with Crippen LogP contribution in [0.2, 0.25) is 0 Å². The number of rotatable bonds is 6. The molecule has 0 radical (unpaired) electrons. The molecule has 2 aromatic rings. The number of fused-ring (bicyclic) bond motifs is 1. The standard InChI is InChI=1S/C21H25FN2O2/c22-19-6-3-16(4-7-19)13-24-10-11-26-21-18(5-8-20(21)24)15-25-14-17-2-1-9-23-12-17/h1-4,6-7,9,12,18,20-21H,5,8,10-11,13-15H2. The van der Waals surface area contributed by atoms with Crippen molar-refractivity contribution in [3.63, 3.8) is 0 Å². The van der Waals surface area contributed by atoms with E-state index in [4.69, 9.17) is 9.47 Å². The fourth-order valence-electron chi connectivity index (χ4n) is 4.15. The summed E-state index contributed by atoms with van der Waals surface area (Å²) in [5.41, 5.74) is 2.26. The Kier molecular flexibility index (Phi) is 5.58. The van der Waals surface area contributed by atoms with Crippen LogP contribution in [0.25, 0.3) is 0 Å². The second kappa shape index (κ2) is 8.25. The first kappa shape index (κ1) is 17.6. The number of pyridine rings is 1. The lowest BCUT2D eigenvalue weighted by atomic mass is 10.0. The van der Waals surface area contributed by atoms with Crippen LogP contribution in [-0.4, -0.2) is 41.8 Å². The highest BCUT2D eigenvalue weighted by molar-refractivity contribution is 5.16. The summed E-state index contributed by atoms with van der Waals surface area (Å²) in [6, 6.07) is 11.2. The maximum Gasteiger partial charge on any atom is 0.123 e. The SMILES string of the molecule is Fc1ccc(CN2CCOC3C(COCc4cccnc4)CCC32)cc1. The van der Waals surface area contributed by atoms with Crippen molar-refractivity contribution < 1.29 is 13.9 Å². The van der Waals surface area contributed by atoms with Crippen LogP contribution in [0.3, 0.4) is 0 Å². The molecule has 1 saturated carbocycles. The van der Waals surface area contributed by atoms with Crippen LogP contribution in [-0.2, 0) is 22.6 Å². The van der Waals surface area contributed by atoms with Crippen molar-refractivity contribution in [3.05, 3.63) is 65.7 Å². The number of hydrogen-bond acceptors (Lipinski definition) is 4. The molecule has 2 aliphatic rings. The maximum atomic E-state index is 13.1. The third kappa shape index (κ3) is 4.11. The van der Waals surface area contributed by atoms with Crippen LogP contribution in [0, 0.1) is 11.7 Å². The largest absolute Gasteiger partial charge is 0.376 e. The van der Waals surface area contributed by atoms with Gasteiger partial charge in [0.25, 0.3) is 0 Å². The van der Waals surface area contributed by atoms with Gasteiger partial charge in [0.1, 0.15) is 5.82 Å². The van der Waals surface area contributed by atoms with Gasteiger partial charge in [-0.2, -0.15) is 0 Å². The highest BCUT2D eigenvalue weighted by atomic mass is 19.1. The average molecular weight is 356 g/mol. The van der Waals surface area contributed by atoms with E-state index in [0.29, 0.717) is 18.6 Å². The molecular formula is C21H25FN2O2. The first-order valence-electron chi connectivity index (χ1n) is 9.36. The summed E-state index contributed by atoms with van der Waals surface area (Å²) in [6.07, 6.45) is 6.11. The van der Waals surface area contributed by atoms with Gasteiger partial charge in [0, 0.05) is 37.4 Å². The van der Waals surface area contributed by atoms with Crippen molar-refractivity contribution in [1.29, 1.82) is 0 Å². The quantitative estimate of drug-likeness (QED) is 0.794. The summed E-state index contributed by atoms with van der Waals surface area (Å²) in [7, 11) is 0. The molecule has 0 amide bonds. The van der Waals surface area contributed by atoms with Gasteiger partial charge in [-0.3, -0.25) is 9.88 Å². The van der Waals surface area contributed by atoms with Crippen molar-refractivity contribution in [1.82, 2.24) is 9.88 Å². The molecule has 4 rings (SSSR count). The minimum Gasteiger partial charge on any atom is -0.376 e. The van der Waals surface area contributed by atoms with E-state index in [9.17, 15) is 4.39 Å². The van der Waals surface area contributed by atoms with Crippen molar-refractivity contribution >= 4 is 0 Å². The Hall–Kier alpha value is -1.82.